The monoisotopic (exact) mass is 418 g/mol. The Morgan fingerprint density at radius 2 is 1.72 bits per heavy atom. The van der Waals surface area contributed by atoms with Crippen molar-refractivity contribution >= 4 is 30.0 Å². The number of nitrogens with zero attached hydrogens (tertiary/aromatic N) is 1. The number of halogens is 1. The first-order valence-corrected chi connectivity index (χ1v) is 9.57. The van der Waals surface area contributed by atoms with E-state index in [0.717, 1.165) is 11.3 Å². The van der Waals surface area contributed by atoms with Gasteiger partial charge in [-0.05, 0) is 62.7 Å². The van der Waals surface area contributed by atoms with Crippen LogP contribution in [0.2, 0.25) is 0 Å². The molecule has 1 heterocycles. The van der Waals surface area contributed by atoms with E-state index in [1.807, 2.05) is 66.4 Å². The lowest BCUT2D eigenvalue weighted by atomic mass is 9.96. The summed E-state index contributed by atoms with van der Waals surface area (Å²) in [6.45, 7) is 3.60. The Morgan fingerprint density at radius 1 is 1.10 bits per heavy atom. The molecule has 0 bridgehead atoms. The molecule has 1 aliphatic rings. The fraction of sp³-hybridized carbons (Fsp3) is 0.364. The summed E-state index contributed by atoms with van der Waals surface area (Å²) in [5.41, 5.74) is 1.81. The molecule has 2 aromatic carbocycles. The van der Waals surface area contributed by atoms with Gasteiger partial charge in [-0.25, -0.2) is 0 Å². The van der Waals surface area contributed by atoms with Gasteiger partial charge in [0.05, 0.1) is 12.0 Å². The van der Waals surface area contributed by atoms with Crippen molar-refractivity contribution in [1.82, 2.24) is 4.90 Å². The summed E-state index contributed by atoms with van der Waals surface area (Å²) in [6, 6.07) is 16.9. The highest BCUT2D eigenvalue weighted by Crippen LogP contribution is 2.21. The normalized spacial score (nSPS) is 15.8. The minimum absolute atomic E-state index is 0. The lowest BCUT2D eigenvalue weighted by Crippen LogP contribution is -2.46. The molecule has 0 aliphatic carbocycles. The topological polar surface area (TPSA) is 78.9 Å². The van der Waals surface area contributed by atoms with Gasteiger partial charge in [-0.3, -0.25) is 14.5 Å². The van der Waals surface area contributed by atoms with Crippen LogP contribution in [0.4, 0.5) is 5.69 Å². The third-order valence-electron chi connectivity index (χ3n) is 5.18. The summed E-state index contributed by atoms with van der Waals surface area (Å²) in [5, 5.41) is 12.0. The molecule has 1 amide bonds. The van der Waals surface area contributed by atoms with Crippen LogP contribution < -0.4 is 10.1 Å². The summed E-state index contributed by atoms with van der Waals surface area (Å²) in [5.74, 6) is -0.390. The van der Waals surface area contributed by atoms with Crippen molar-refractivity contribution in [2.24, 2.45) is 5.92 Å². The number of rotatable bonds is 7. The van der Waals surface area contributed by atoms with Crippen molar-refractivity contribution in [3.05, 3.63) is 60.2 Å². The first kappa shape index (κ1) is 22.7. The van der Waals surface area contributed by atoms with Crippen LogP contribution >= 0.6 is 12.4 Å². The minimum atomic E-state index is -0.744. The van der Waals surface area contributed by atoms with E-state index < -0.39 is 5.97 Å². The van der Waals surface area contributed by atoms with Crippen LogP contribution in [0.5, 0.6) is 5.75 Å². The van der Waals surface area contributed by atoms with Crippen LogP contribution in [0.3, 0.4) is 0 Å². The first-order chi connectivity index (χ1) is 13.5. The van der Waals surface area contributed by atoms with Crippen molar-refractivity contribution in [1.29, 1.82) is 0 Å². The Morgan fingerprint density at radius 3 is 2.31 bits per heavy atom. The highest BCUT2D eigenvalue weighted by molar-refractivity contribution is 5.94. The summed E-state index contributed by atoms with van der Waals surface area (Å²) < 4.78 is 5.76. The fourth-order valence-electron chi connectivity index (χ4n) is 3.32. The average molecular weight is 419 g/mol. The molecule has 2 aromatic rings. The molecule has 6 nitrogen and oxygen atoms in total. The van der Waals surface area contributed by atoms with Gasteiger partial charge >= 0.3 is 5.97 Å². The molecule has 2 N–H and O–H groups in total. The van der Waals surface area contributed by atoms with Crippen LogP contribution in [0.25, 0.3) is 0 Å². The van der Waals surface area contributed by atoms with Gasteiger partial charge in [-0.1, -0.05) is 30.3 Å². The molecule has 29 heavy (non-hydrogen) atoms. The van der Waals surface area contributed by atoms with Crippen LogP contribution in [-0.4, -0.2) is 41.0 Å². The maximum absolute atomic E-state index is 12.5. The van der Waals surface area contributed by atoms with Crippen molar-refractivity contribution in [2.45, 2.75) is 32.4 Å². The van der Waals surface area contributed by atoms with Gasteiger partial charge in [0, 0.05) is 5.69 Å². The Balaban J connectivity index is 0.00000300. The van der Waals surface area contributed by atoms with Crippen molar-refractivity contribution in [2.75, 3.05) is 18.4 Å². The minimum Gasteiger partial charge on any atom is -0.489 e. The number of carbonyl (C=O) groups is 2. The highest BCUT2D eigenvalue weighted by Gasteiger charge is 2.29. The van der Waals surface area contributed by atoms with E-state index in [0.29, 0.717) is 38.2 Å². The number of carboxylic acids is 1. The van der Waals surface area contributed by atoms with Crippen molar-refractivity contribution < 1.29 is 19.4 Å². The number of anilines is 1. The van der Waals surface area contributed by atoms with Gasteiger partial charge in [0.15, 0.2) is 0 Å². The number of likely N-dealkylation sites (tertiary alicyclic amines) is 1. The van der Waals surface area contributed by atoms with E-state index in [1.54, 1.807) is 0 Å². The second kappa shape index (κ2) is 10.8. The number of hydrogen-bond donors (Lipinski definition) is 2. The molecular formula is C22H27ClN2O4. The first-order valence-electron chi connectivity index (χ1n) is 9.57. The highest BCUT2D eigenvalue weighted by atomic mass is 35.5. The number of piperidine rings is 1. The zero-order valence-corrected chi connectivity index (χ0v) is 17.2. The Hall–Kier alpha value is -2.57. The van der Waals surface area contributed by atoms with Gasteiger partial charge in [0.25, 0.3) is 0 Å². The largest absolute Gasteiger partial charge is 0.489 e. The summed E-state index contributed by atoms with van der Waals surface area (Å²) in [4.78, 5) is 25.6. The molecule has 1 atom stereocenters. The fourth-order valence-corrected chi connectivity index (χ4v) is 3.32. The quantitative estimate of drug-likeness (QED) is 0.714. The van der Waals surface area contributed by atoms with Gasteiger partial charge in [-0.15, -0.1) is 12.4 Å². The SMILES string of the molecule is CC(C(=O)Nc1ccc(OCc2ccccc2)cc1)N1CCC(C(=O)O)CC1.Cl. The zero-order valence-electron chi connectivity index (χ0n) is 16.4. The van der Waals surface area contributed by atoms with E-state index in [1.165, 1.54) is 0 Å². The predicted molar refractivity (Wildman–Crippen MR) is 114 cm³/mol. The van der Waals surface area contributed by atoms with Gasteiger partial charge in [0.2, 0.25) is 5.91 Å². The second-order valence-electron chi connectivity index (χ2n) is 7.11. The molecule has 1 aliphatic heterocycles. The summed E-state index contributed by atoms with van der Waals surface area (Å²) in [7, 11) is 0. The van der Waals surface area contributed by atoms with Gasteiger partial charge in [0.1, 0.15) is 12.4 Å². The van der Waals surface area contributed by atoms with E-state index in [-0.39, 0.29) is 30.3 Å². The zero-order chi connectivity index (χ0) is 19.9. The average Bonchev–Trinajstić information content (AvgIpc) is 2.73. The maximum atomic E-state index is 12.5. The van der Waals surface area contributed by atoms with Crippen molar-refractivity contribution in [3.8, 4) is 5.75 Å². The van der Waals surface area contributed by atoms with Crippen LogP contribution in [-0.2, 0) is 16.2 Å². The summed E-state index contributed by atoms with van der Waals surface area (Å²) in [6.07, 6.45) is 1.17. The maximum Gasteiger partial charge on any atom is 0.306 e. The number of benzene rings is 2. The van der Waals surface area contributed by atoms with E-state index in [2.05, 4.69) is 5.32 Å². The molecule has 3 rings (SSSR count). The molecule has 0 saturated carbocycles. The molecule has 1 saturated heterocycles. The van der Waals surface area contributed by atoms with Crippen molar-refractivity contribution in [3.63, 3.8) is 0 Å². The number of aliphatic carboxylic acids is 1. The molecule has 7 heteroatoms. The van der Waals surface area contributed by atoms with E-state index in [4.69, 9.17) is 9.84 Å². The van der Waals surface area contributed by atoms with Crippen LogP contribution in [0.15, 0.2) is 54.6 Å². The van der Waals surface area contributed by atoms with Crippen LogP contribution in [0, 0.1) is 5.92 Å². The molecule has 1 fully saturated rings. The van der Waals surface area contributed by atoms with Gasteiger partial charge in [-0.2, -0.15) is 0 Å². The molecule has 156 valence electrons. The molecule has 0 aromatic heterocycles. The Bertz CT molecular complexity index is 790. The Labute approximate surface area is 177 Å². The number of ether oxygens (including phenoxy) is 1. The third-order valence-corrected chi connectivity index (χ3v) is 5.18. The molecule has 0 spiro atoms. The van der Waals surface area contributed by atoms with E-state index >= 15 is 0 Å². The predicted octanol–water partition coefficient (Wildman–Crippen LogP) is 3.81. The summed E-state index contributed by atoms with van der Waals surface area (Å²) >= 11 is 0. The van der Waals surface area contributed by atoms with Gasteiger partial charge < -0.3 is 15.2 Å². The number of nitrogens with one attached hydrogen (secondary N) is 1. The van der Waals surface area contributed by atoms with Crippen LogP contribution in [0.1, 0.15) is 25.3 Å². The lowest BCUT2D eigenvalue weighted by molar-refractivity contribution is -0.143. The number of carboxylic acid groups (broad SMARTS) is 1. The molecule has 1 unspecified atom stereocenters. The number of amides is 1. The smallest absolute Gasteiger partial charge is 0.306 e. The van der Waals surface area contributed by atoms with E-state index in [9.17, 15) is 9.59 Å². The molecule has 0 radical (unpaired) electrons. The number of hydrogen-bond acceptors (Lipinski definition) is 4. The third kappa shape index (κ3) is 6.48. The Kier molecular flexibility index (Phi) is 8.49. The lowest BCUT2D eigenvalue weighted by Gasteiger charge is -2.33. The standard InChI is InChI=1S/C22H26N2O4.ClH/c1-16(24-13-11-18(12-14-24)22(26)27)21(25)23-19-7-9-20(10-8-19)28-15-17-5-3-2-4-6-17;/h2-10,16,18H,11-15H2,1H3,(H,23,25)(H,26,27);1H. The number of carbonyl (C=O) groups excluding carboxylic acids is 1. The second-order valence-corrected chi connectivity index (χ2v) is 7.11. The molecular weight excluding hydrogens is 392 g/mol.